The summed E-state index contributed by atoms with van der Waals surface area (Å²) < 4.78 is 37.6. The summed E-state index contributed by atoms with van der Waals surface area (Å²) in [5, 5.41) is 3.22. The highest BCUT2D eigenvalue weighted by Crippen LogP contribution is 2.30. The molecule has 0 aliphatic carbocycles. The Morgan fingerprint density at radius 1 is 1.17 bits per heavy atom. The molecule has 1 aliphatic heterocycles. The molecule has 98 valence electrons. The predicted molar refractivity (Wildman–Crippen MR) is 65.3 cm³/mol. The number of hydrogen-bond donors (Lipinski definition) is 1. The smallest absolute Gasteiger partial charge is 0.313 e. The maximum Gasteiger partial charge on any atom is 0.416 e. The molecular weight excluding hydrogens is 239 g/mol. The van der Waals surface area contributed by atoms with Crippen molar-refractivity contribution >= 4 is 0 Å². The van der Waals surface area contributed by atoms with E-state index in [0.29, 0.717) is 6.42 Å². The van der Waals surface area contributed by atoms with Crippen molar-refractivity contribution in [3.63, 3.8) is 0 Å². The van der Waals surface area contributed by atoms with Crippen molar-refractivity contribution in [2.24, 2.45) is 0 Å². The van der Waals surface area contributed by atoms with Gasteiger partial charge in [-0.3, -0.25) is 0 Å². The van der Waals surface area contributed by atoms with Gasteiger partial charge in [-0.25, -0.2) is 0 Å². The fraction of sp³-hybridized carbons (Fsp3) is 0.429. The second kappa shape index (κ2) is 5.57. The van der Waals surface area contributed by atoms with Crippen LogP contribution in [0.1, 0.15) is 24.0 Å². The van der Waals surface area contributed by atoms with Gasteiger partial charge in [-0.15, -0.1) is 0 Å². The Hall–Kier alpha value is -1.29. The molecule has 4 heteroatoms. The van der Waals surface area contributed by atoms with Gasteiger partial charge in [0.1, 0.15) is 0 Å². The topological polar surface area (TPSA) is 12.0 Å². The van der Waals surface area contributed by atoms with Crippen LogP contribution in [-0.2, 0) is 12.6 Å². The summed E-state index contributed by atoms with van der Waals surface area (Å²) in [6.07, 6.45) is 0.416. The Kier molecular flexibility index (Phi) is 4.07. The second-order valence-corrected chi connectivity index (χ2v) is 4.51. The first kappa shape index (κ1) is 13.1. The second-order valence-electron chi connectivity index (χ2n) is 4.51. The van der Waals surface area contributed by atoms with Crippen LogP contribution in [0, 0.1) is 0 Å². The van der Waals surface area contributed by atoms with E-state index in [1.165, 1.54) is 17.7 Å². The minimum atomic E-state index is -4.25. The molecule has 1 aromatic carbocycles. The minimum Gasteiger partial charge on any atom is -0.313 e. The normalized spacial score (nSPS) is 16.5. The molecular formula is C14H16F3N. The van der Waals surface area contributed by atoms with Gasteiger partial charge >= 0.3 is 6.18 Å². The van der Waals surface area contributed by atoms with Crippen molar-refractivity contribution < 1.29 is 13.2 Å². The number of halogens is 3. The van der Waals surface area contributed by atoms with Crippen molar-refractivity contribution in [3.8, 4) is 0 Å². The third-order valence-electron chi connectivity index (χ3n) is 3.15. The van der Waals surface area contributed by atoms with Crippen LogP contribution in [0.25, 0.3) is 0 Å². The quantitative estimate of drug-likeness (QED) is 0.814. The van der Waals surface area contributed by atoms with Gasteiger partial charge < -0.3 is 5.32 Å². The molecule has 0 spiro atoms. The SMILES string of the molecule is FC(F)(F)c1cccc(CCC2=CCNCC2)c1. The highest BCUT2D eigenvalue weighted by Gasteiger charge is 2.30. The summed E-state index contributed by atoms with van der Waals surface area (Å²) in [6, 6.07) is 5.61. The van der Waals surface area contributed by atoms with E-state index in [1.807, 2.05) is 0 Å². The molecule has 0 fully saturated rings. The number of alkyl halides is 3. The summed E-state index contributed by atoms with van der Waals surface area (Å²) in [5.74, 6) is 0. The molecule has 18 heavy (non-hydrogen) atoms. The zero-order valence-corrected chi connectivity index (χ0v) is 10.1. The van der Waals surface area contributed by atoms with Crippen LogP contribution < -0.4 is 5.32 Å². The summed E-state index contributed by atoms with van der Waals surface area (Å²) >= 11 is 0. The highest BCUT2D eigenvalue weighted by molar-refractivity contribution is 5.26. The summed E-state index contributed by atoms with van der Waals surface area (Å²) in [7, 11) is 0. The van der Waals surface area contributed by atoms with Crippen LogP contribution in [0.4, 0.5) is 13.2 Å². The maximum atomic E-state index is 12.5. The monoisotopic (exact) mass is 255 g/mol. The van der Waals surface area contributed by atoms with Crippen LogP contribution in [-0.4, -0.2) is 13.1 Å². The lowest BCUT2D eigenvalue weighted by Gasteiger charge is -2.14. The fourth-order valence-electron chi connectivity index (χ4n) is 2.10. The Balaban J connectivity index is 1.99. The minimum absolute atomic E-state index is 0.556. The van der Waals surface area contributed by atoms with E-state index < -0.39 is 11.7 Å². The summed E-state index contributed by atoms with van der Waals surface area (Å²) in [6.45, 7) is 1.84. The first-order chi connectivity index (χ1) is 8.55. The van der Waals surface area contributed by atoms with Crippen molar-refractivity contribution in [2.45, 2.75) is 25.4 Å². The maximum absolute atomic E-state index is 12.5. The Bertz CT molecular complexity index is 435. The van der Waals surface area contributed by atoms with E-state index in [4.69, 9.17) is 0 Å². The number of aryl methyl sites for hydroxylation is 1. The fourth-order valence-corrected chi connectivity index (χ4v) is 2.10. The van der Waals surface area contributed by atoms with Crippen LogP contribution >= 0.6 is 0 Å². The van der Waals surface area contributed by atoms with E-state index in [0.717, 1.165) is 37.6 Å². The van der Waals surface area contributed by atoms with Crippen molar-refractivity contribution in [1.29, 1.82) is 0 Å². The molecule has 1 N–H and O–H groups in total. The molecule has 1 aliphatic rings. The zero-order chi connectivity index (χ0) is 13.0. The van der Waals surface area contributed by atoms with E-state index in [9.17, 15) is 13.2 Å². The van der Waals surface area contributed by atoms with Crippen molar-refractivity contribution in [2.75, 3.05) is 13.1 Å². The molecule has 0 amide bonds. The van der Waals surface area contributed by atoms with Crippen LogP contribution in [0.3, 0.4) is 0 Å². The number of benzene rings is 1. The average Bonchev–Trinajstić information content (AvgIpc) is 2.37. The standard InChI is InChI=1S/C14H16F3N/c15-14(16,17)13-3-1-2-12(10-13)5-4-11-6-8-18-9-7-11/h1-3,6,10,18H,4-5,7-9H2. The molecule has 0 saturated carbocycles. The van der Waals surface area contributed by atoms with E-state index in [-0.39, 0.29) is 0 Å². The van der Waals surface area contributed by atoms with Crippen LogP contribution in [0.2, 0.25) is 0 Å². The average molecular weight is 255 g/mol. The van der Waals surface area contributed by atoms with Gasteiger partial charge in [0.2, 0.25) is 0 Å². The van der Waals surface area contributed by atoms with E-state index in [1.54, 1.807) is 6.07 Å². The number of hydrogen-bond acceptors (Lipinski definition) is 1. The van der Waals surface area contributed by atoms with Gasteiger partial charge in [-0.05, 0) is 37.4 Å². The molecule has 0 atom stereocenters. The van der Waals surface area contributed by atoms with Gasteiger partial charge in [0.25, 0.3) is 0 Å². The Labute approximate surface area is 105 Å². The predicted octanol–water partition coefficient (Wildman–Crippen LogP) is 3.56. The number of nitrogens with one attached hydrogen (secondary N) is 1. The summed E-state index contributed by atoms with van der Waals surface area (Å²) in [5.41, 5.74) is 1.54. The Morgan fingerprint density at radius 2 is 2.00 bits per heavy atom. The molecule has 1 aromatic rings. The van der Waals surface area contributed by atoms with Crippen molar-refractivity contribution in [1.82, 2.24) is 5.32 Å². The van der Waals surface area contributed by atoms with E-state index >= 15 is 0 Å². The van der Waals surface area contributed by atoms with Gasteiger partial charge in [0.15, 0.2) is 0 Å². The van der Waals surface area contributed by atoms with Gasteiger partial charge in [0.05, 0.1) is 5.56 Å². The van der Waals surface area contributed by atoms with Crippen LogP contribution in [0.5, 0.6) is 0 Å². The van der Waals surface area contributed by atoms with Crippen molar-refractivity contribution in [3.05, 3.63) is 47.0 Å². The summed E-state index contributed by atoms with van der Waals surface area (Å²) in [4.78, 5) is 0. The van der Waals surface area contributed by atoms with Crippen LogP contribution in [0.15, 0.2) is 35.9 Å². The lowest BCUT2D eigenvalue weighted by Crippen LogP contribution is -2.20. The van der Waals surface area contributed by atoms with Gasteiger partial charge in [0, 0.05) is 6.54 Å². The largest absolute Gasteiger partial charge is 0.416 e. The molecule has 1 heterocycles. The molecule has 0 unspecified atom stereocenters. The van der Waals surface area contributed by atoms with Gasteiger partial charge in [-0.2, -0.15) is 13.2 Å². The molecule has 0 aromatic heterocycles. The molecule has 0 radical (unpaired) electrons. The lowest BCUT2D eigenvalue weighted by atomic mass is 9.99. The molecule has 2 rings (SSSR count). The Morgan fingerprint density at radius 3 is 2.67 bits per heavy atom. The third-order valence-corrected chi connectivity index (χ3v) is 3.15. The highest BCUT2D eigenvalue weighted by atomic mass is 19.4. The first-order valence-electron chi connectivity index (χ1n) is 6.10. The zero-order valence-electron chi connectivity index (χ0n) is 10.1. The lowest BCUT2D eigenvalue weighted by molar-refractivity contribution is -0.137. The number of rotatable bonds is 3. The van der Waals surface area contributed by atoms with Gasteiger partial charge in [-0.1, -0.05) is 29.8 Å². The van der Waals surface area contributed by atoms with E-state index in [2.05, 4.69) is 11.4 Å². The molecule has 0 bridgehead atoms. The third kappa shape index (κ3) is 3.60. The molecule has 1 nitrogen and oxygen atoms in total. The molecule has 0 saturated heterocycles. The first-order valence-corrected chi connectivity index (χ1v) is 6.10.